The van der Waals surface area contributed by atoms with E-state index >= 15 is 0 Å². The number of hydrogen-bond acceptors (Lipinski definition) is 3. The van der Waals surface area contributed by atoms with Crippen molar-refractivity contribution in [2.45, 2.75) is 45.4 Å². The highest BCUT2D eigenvalue weighted by molar-refractivity contribution is 8.14. The number of halogens is 1. The van der Waals surface area contributed by atoms with E-state index in [0.29, 0.717) is 10.7 Å². The van der Waals surface area contributed by atoms with Crippen molar-refractivity contribution in [3.63, 3.8) is 0 Å². The second kappa shape index (κ2) is 6.17. The third kappa shape index (κ3) is 4.51. The summed E-state index contributed by atoms with van der Waals surface area (Å²) in [7, 11) is 0. The molecule has 2 rings (SSSR count). The van der Waals surface area contributed by atoms with Crippen molar-refractivity contribution in [3.05, 3.63) is 35.6 Å². The van der Waals surface area contributed by atoms with Crippen LogP contribution in [-0.4, -0.2) is 17.0 Å². The summed E-state index contributed by atoms with van der Waals surface area (Å²) in [5.74, 6) is -0.196. The summed E-state index contributed by atoms with van der Waals surface area (Å²) in [6, 6.07) is 6.79. The van der Waals surface area contributed by atoms with E-state index in [9.17, 15) is 4.39 Å². The van der Waals surface area contributed by atoms with E-state index in [2.05, 4.69) is 38.0 Å². The molecule has 0 aliphatic carbocycles. The van der Waals surface area contributed by atoms with Crippen LogP contribution in [-0.2, 0) is 0 Å². The molecule has 110 valence electrons. The van der Waals surface area contributed by atoms with Gasteiger partial charge >= 0.3 is 0 Å². The maximum Gasteiger partial charge on any atom is 0.157 e. The fourth-order valence-electron chi connectivity index (χ4n) is 2.31. The second-order valence-corrected chi connectivity index (χ2v) is 7.86. The molecule has 0 amide bonds. The maximum atomic E-state index is 12.9. The number of aliphatic imine (C=N–C) groups is 1. The van der Waals surface area contributed by atoms with Crippen LogP contribution in [0.4, 0.5) is 4.39 Å². The largest absolute Gasteiger partial charge is 0.358 e. The zero-order chi connectivity index (χ0) is 14.8. The Morgan fingerprint density at radius 1 is 1.35 bits per heavy atom. The van der Waals surface area contributed by atoms with Crippen LogP contribution in [0.15, 0.2) is 29.3 Å². The van der Waals surface area contributed by atoms with Gasteiger partial charge in [-0.05, 0) is 36.5 Å². The minimum absolute atomic E-state index is 0.148. The van der Waals surface area contributed by atoms with Gasteiger partial charge in [-0.1, -0.05) is 44.7 Å². The number of rotatable bonds is 3. The van der Waals surface area contributed by atoms with Crippen LogP contribution in [0.25, 0.3) is 0 Å². The van der Waals surface area contributed by atoms with Crippen LogP contribution >= 0.6 is 11.8 Å². The fourth-order valence-corrected chi connectivity index (χ4v) is 3.75. The molecule has 1 aromatic rings. The SMILES string of the molecule is CC(NC1=NCC(CC(C)(C)C)S1)c1ccc(F)cc1. The zero-order valence-electron chi connectivity index (χ0n) is 12.6. The van der Waals surface area contributed by atoms with Crippen LogP contribution in [0.5, 0.6) is 0 Å². The van der Waals surface area contributed by atoms with Crippen molar-refractivity contribution in [1.29, 1.82) is 0 Å². The average Bonchev–Trinajstić information content (AvgIpc) is 2.74. The van der Waals surface area contributed by atoms with Gasteiger partial charge in [-0.15, -0.1) is 0 Å². The Morgan fingerprint density at radius 2 is 2.00 bits per heavy atom. The fraction of sp³-hybridized carbons (Fsp3) is 0.562. The van der Waals surface area contributed by atoms with Crippen LogP contribution < -0.4 is 5.32 Å². The van der Waals surface area contributed by atoms with Gasteiger partial charge < -0.3 is 5.32 Å². The van der Waals surface area contributed by atoms with Gasteiger partial charge in [0.2, 0.25) is 0 Å². The first kappa shape index (κ1) is 15.4. The molecule has 1 N–H and O–H groups in total. The highest BCUT2D eigenvalue weighted by atomic mass is 32.2. The summed E-state index contributed by atoms with van der Waals surface area (Å²) in [4.78, 5) is 4.58. The van der Waals surface area contributed by atoms with Crippen LogP contribution in [0.1, 0.15) is 45.7 Å². The Kier molecular flexibility index (Phi) is 4.74. The number of nitrogens with zero attached hydrogens (tertiary/aromatic N) is 1. The van der Waals surface area contributed by atoms with Crippen molar-refractivity contribution < 1.29 is 4.39 Å². The normalized spacial score (nSPS) is 20.6. The Hall–Kier alpha value is -1.03. The van der Waals surface area contributed by atoms with E-state index in [4.69, 9.17) is 0 Å². The summed E-state index contributed by atoms with van der Waals surface area (Å²) < 4.78 is 12.9. The molecule has 2 atom stereocenters. The molecule has 1 heterocycles. The van der Waals surface area contributed by atoms with Crippen molar-refractivity contribution in [2.24, 2.45) is 10.4 Å². The lowest BCUT2D eigenvalue weighted by Gasteiger charge is -2.22. The monoisotopic (exact) mass is 294 g/mol. The van der Waals surface area contributed by atoms with Crippen LogP contribution in [0.2, 0.25) is 0 Å². The lowest BCUT2D eigenvalue weighted by molar-refractivity contribution is 0.375. The standard InChI is InChI=1S/C16H23FN2S/c1-11(12-5-7-13(17)8-6-12)19-15-18-10-14(20-15)9-16(2,3)4/h5-8,11,14H,9-10H2,1-4H3,(H,18,19). The van der Waals surface area contributed by atoms with E-state index in [1.54, 1.807) is 0 Å². The Balaban J connectivity index is 1.87. The van der Waals surface area contributed by atoms with Gasteiger partial charge in [-0.25, -0.2) is 4.39 Å². The third-order valence-electron chi connectivity index (χ3n) is 3.27. The molecule has 1 aliphatic rings. The van der Waals surface area contributed by atoms with Crippen molar-refractivity contribution >= 4 is 16.9 Å². The molecule has 4 heteroatoms. The van der Waals surface area contributed by atoms with Crippen molar-refractivity contribution in [1.82, 2.24) is 5.32 Å². The van der Waals surface area contributed by atoms with Gasteiger partial charge in [0.25, 0.3) is 0 Å². The van der Waals surface area contributed by atoms with Gasteiger partial charge in [0.15, 0.2) is 5.17 Å². The summed E-state index contributed by atoms with van der Waals surface area (Å²) >= 11 is 1.83. The van der Waals surface area contributed by atoms with Crippen LogP contribution in [0, 0.1) is 11.2 Å². The molecule has 2 nitrogen and oxygen atoms in total. The lowest BCUT2D eigenvalue weighted by Crippen LogP contribution is -2.24. The Bertz CT molecular complexity index is 476. The quantitative estimate of drug-likeness (QED) is 0.894. The van der Waals surface area contributed by atoms with E-state index in [1.165, 1.54) is 12.1 Å². The van der Waals surface area contributed by atoms with Gasteiger partial charge in [-0.3, -0.25) is 4.99 Å². The highest BCUT2D eigenvalue weighted by Gasteiger charge is 2.25. The molecule has 20 heavy (non-hydrogen) atoms. The van der Waals surface area contributed by atoms with Gasteiger partial charge in [-0.2, -0.15) is 0 Å². The van der Waals surface area contributed by atoms with Crippen LogP contribution in [0.3, 0.4) is 0 Å². The molecule has 0 saturated carbocycles. The molecular weight excluding hydrogens is 271 g/mol. The second-order valence-electron chi connectivity index (χ2n) is 6.57. The molecule has 2 unspecified atom stereocenters. The maximum absolute atomic E-state index is 12.9. The summed E-state index contributed by atoms with van der Waals surface area (Å²) in [5, 5.41) is 5.00. The van der Waals surface area contributed by atoms with E-state index < -0.39 is 0 Å². The number of thioether (sulfide) groups is 1. The molecule has 0 aromatic heterocycles. The average molecular weight is 294 g/mol. The molecular formula is C16H23FN2S. The number of hydrogen-bond donors (Lipinski definition) is 1. The minimum atomic E-state index is -0.196. The van der Waals surface area contributed by atoms with E-state index in [0.717, 1.165) is 23.7 Å². The first-order chi connectivity index (χ1) is 9.33. The smallest absolute Gasteiger partial charge is 0.157 e. The molecule has 1 aromatic carbocycles. The number of nitrogens with one attached hydrogen (secondary N) is 1. The topological polar surface area (TPSA) is 24.4 Å². The third-order valence-corrected chi connectivity index (χ3v) is 4.39. The highest BCUT2D eigenvalue weighted by Crippen LogP contribution is 2.32. The summed E-state index contributed by atoms with van der Waals surface area (Å²) in [5.41, 5.74) is 1.42. The molecule has 0 spiro atoms. The Labute approximate surface area is 125 Å². The van der Waals surface area contributed by atoms with E-state index in [-0.39, 0.29) is 11.9 Å². The van der Waals surface area contributed by atoms with E-state index in [1.807, 2.05) is 23.9 Å². The molecule has 0 bridgehead atoms. The van der Waals surface area contributed by atoms with Crippen molar-refractivity contribution in [3.8, 4) is 0 Å². The molecule has 0 fully saturated rings. The minimum Gasteiger partial charge on any atom is -0.358 e. The first-order valence-electron chi connectivity index (χ1n) is 7.06. The predicted molar refractivity (Wildman–Crippen MR) is 85.7 cm³/mol. The van der Waals surface area contributed by atoms with Gasteiger partial charge in [0.05, 0.1) is 12.6 Å². The molecule has 0 saturated heterocycles. The Morgan fingerprint density at radius 3 is 2.60 bits per heavy atom. The zero-order valence-corrected chi connectivity index (χ0v) is 13.4. The predicted octanol–water partition coefficient (Wildman–Crippen LogP) is 4.38. The molecule has 1 aliphatic heterocycles. The lowest BCUT2D eigenvalue weighted by atomic mass is 9.90. The first-order valence-corrected chi connectivity index (χ1v) is 7.94. The van der Waals surface area contributed by atoms with Crippen molar-refractivity contribution in [2.75, 3.05) is 6.54 Å². The summed E-state index contributed by atoms with van der Waals surface area (Å²) in [6.45, 7) is 9.76. The molecule has 0 radical (unpaired) electrons. The van der Waals surface area contributed by atoms with Gasteiger partial charge in [0, 0.05) is 5.25 Å². The summed E-state index contributed by atoms with van der Waals surface area (Å²) in [6.07, 6.45) is 1.16. The van der Waals surface area contributed by atoms with Gasteiger partial charge in [0.1, 0.15) is 5.82 Å². The number of amidine groups is 1. The number of benzene rings is 1.